The van der Waals surface area contributed by atoms with Gasteiger partial charge in [-0.25, -0.2) is 0 Å². The van der Waals surface area contributed by atoms with Gasteiger partial charge in [0.1, 0.15) is 5.75 Å². The molecule has 0 amide bonds. The van der Waals surface area contributed by atoms with Crippen LogP contribution in [0, 0.1) is 0 Å². The van der Waals surface area contributed by atoms with E-state index in [-0.39, 0.29) is 0 Å². The van der Waals surface area contributed by atoms with Crippen LogP contribution < -0.4 is 4.74 Å². The minimum Gasteiger partial charge on any atom is -0.494 e. The zero-order valence-electron chi connectivity index (χ0n) is 9.21. The Kier molecular flexibility index (Phi) is 4.24. The topological polar surface area (TPSA) is 9.23 Å². The molecular formula is C13H18O. The van der Waals surface area contributed by atoms with E-state index in [1.165, 1.54) is 11.1 Å². The van der Waals surface area contributed by atoms with Crippen LogP contribution in [0.3, 0.4) is 0 Å². The summed E-state index contributed by atoms with van der Waals surface area (Å²) < 4.78 is 5.39. The highest BCUT2D eigenvalue weighted by Crippen LogP contribution is 2.20. The zero-order chi connectivity index (χ0) is 10.4. The summed E-state index contributed by atoms with van der Waals surface area (Å²) >= 11 is 0. The van der Waals surface area contributed by atoms with Crippen LogP contribution in [0.25, 0.3) is 5.57 Å². The molecule has 0 atom stereocenters. The maximum absolute atomic E-state index is 5.39. The SMILES string of the molecule is CC=C(CC)c1ccc(OCC)cc1. The average Bonchev–Trinajstić information content (AvgIpc) is 2.23. The number of allylic oxidation sites excluding steroid dienone is 2. The summed E-state index contributed by atoms with van der Waals surface area (Å²) in [6.45, 7) is 6.97. The molecule has 0 spiro atoms. The molecule has 1 rings (SSSR count). The first kappa shape index (κ1) is 10.8. The Bertz CT molecular complexity index is 296. The summed E-state index contributed by atoms with van der Waals surface area (Å²) in [5, 5.41) is 0. The summed E-state index contributed by atoms with van der Waals surface area (Å²) in [7, 11) is 0. The Hall–Kier alpha value is -1.24. The van der Waals surface area contributed by atoms with Gasteiger partial charge in [0.25, 0.3) is 0 Å². The van der Waals surface area contributed by atoms with Gasteiger partial charge in [0.2, 0.25) is 0 Å². The van der Waals surface area contributed by atoms with Crippen molar-refractivity contribution in [2.24, 2.45) is 0 Å². The van der Waals surface area contributed by atoms with Crippen LogP contribution in [-0.4, -0.2) is 6.61 Å². The fraction of sp³-hybridized carbons (Fsp3) is 0.385. The molecule has 0 aliphatic rings. The molecule has 0 aliphatic heterocycles. The van der Waals surface area contributed by atoms with Gasteiger partial charge < -0.3 is 4.74 Å². The predicted octanol–water partition coefficient (Wildman–Crippen LogP) is 3.90. The third-order valence-electron chi connectivity index (χ3n) is 2.27. The lowest BCUT2D eigenvalue weighted by Crippen LogP contribution is -1.91. The highest BCUT2D eigenvalue weighted by molar-refractivity contribution is 5.65. The van der Waals surface area contributed by atoms with Crippen LogP contribution in [-0.2, 0) is 0 Å². The van der Waals surface area contributed by atoms with Gasteiger partial charge in [0, 0.05) is 0 Å². The first-order valence-electron chi connectivity index (χ1n) is 5.20. The molecule has 1 heteroatoms. The van der Waals surface area contributed by atoms with E-state index < -0.39 is 0 Å². The lowest BCUT2D eigenvalue weighted by molar-refractivity contribution is 0.340. The molecule has 14 heavy (non-hydrogen) atoms. The minimum absolute atomic E-state index is 0.726. The Balaban J connectivity index is 2.82. The van der Waals surface area contributed by atoms with E-state index in [1.54, 1.807) is 0 Å². The van der Waals surface area contributed by atoms with Crippen molar-refractivity contribution in [3.05, 3.63) is 35.9 Å². The standard InChI is InChI=1S/C13H18O/c1-4-11(5-2)12-7-9-13(10-8-12)14-6-3/h4,7-10H,5-6H2,1-3H3. The maximum atomic E-state index is 5.39. The van der Waals surface area contributed by atoms with Crippen molar-refractivity contribution in [1.29, 1.82) is 0 Å². The second-order valence-corrected chi connectivity index (χ2v) is 3.12. The molecule has 0 saturated heterocycles. The van der Waals surface area contributed by atoms with Crippen molar-refractivity contribution >= 4 is 5.57 Å². The Morgan fingerprint density at radius 1 is 1.21 bits per heavy atom. The quantitative estimate of drug-likeness (QED) is 0.699. The molecular weight excluding hydrogens is 172 g/mol. The summed E-state index contributed by atoms with van der Waals surface area (Å²) in [5.74, 6) is 0.947. The summed E-state index contributed by atoms with van der Waals surface area (Å²) in [6, 6.07) is 8.28. The molecule has 1 aromatic carbocycles. The molecule has 0 N–H and O–H groups in total. The normalized spacial score (nSPS) is 11.5. The van der Waals surface area contributed by atoms with Crippen molar-refractivity contribution in [3.63, 3.8) is 0 Å². The molecule has 1 nitrogen and oxygen atoms in total. The van der Waals surface area contributed by atoms with Gasteiger partial charge in [-0.15, -0.1) is 0 Å². The van der Waals surface area contributed by atoms with Gasteiger partial charge in [-0.05, 0) is 43.5 Å². The van der Waals surface area contributed by atoms with E-state index in [1.807, 2.05) is 19.1 Å². The lowest BCUT2D eigenvalue weighted by Gasteiger charge is -2.06. The highest BCUT2D eigenvalue weighted by Gasteiger charge is 1.98. The Labute approximate surface area is 86.4 Å². The monoisotopic (exact) mass is 190 g/mol. The van der Waals surface area contributed by atoms with Crippen LogP contribution in [0.4, 0.5) is 0 Å². The van der Waals surface area contributed by atoms with E-state index in [0.29, 0.717) is 0 Å². The van der Waals surface area contributed by atoms with Crippen molar-refractivity contribution in [3.8, 4) is 5.75 Å². The van der Waals surface area contributed by atoms with Crippen molar-refractivity contribution in [2.75, 3.05) is 6.61 Å². The summed E-state index contributed by atoms with van der Waals surface area (Å²) in [6.07, 6.45) is 3.24. The Morgan fingerprint density at radius 2 is 1.86 bits per heavy atom. The average molecular weight is 190 g/mol. The zero-order valence-corrected chi connectivity index (χ0v) is 9.21. The third kappa shape index (κ3) is 2.63. The van der Waals surface area contributed by atoms with Crippen molar-refractivity contribution < 1.29 is 4.74 Å². The van der Waals surface area contributed by atoms with Gasteiger partial charge in [-0.1, -0.05) is 25.1 Å². The van der Waals surface area contributed by atoms with Crippen LogP contribution >= 0.6 is 0 Å². The molecule has 0 bridgehead atoms. The molecule has 0 saturated carbocycles. The molecule has 76 valence electrons. The lowest BCUT2D eigenvalue weighted by atomic mass is 10.0. The molecule has 0 heterocycles. The van der Waals surface area contributed by atoms with Gasteiger partial charge in [-0.3, -0.25) is 0 Å². The van der Waals surface area contributed by atoms with E-state index in [9.17, 15) is 0 Å². The number of hydrogen-bond donors (Lipinski definition) is 0. The largest absolute Gasteiger partial charge is 0.494 e. The predicted molar refractivity (Wildman–Crippen MR) is 61.6 cm³/mol. The van der Waals surface area contributed by atoms with Crippen molar-refractivity contribution in [2.45, 2.75) is 27.2 Å². The van der Waals surface area contributed by atoms with Gasteiger partial charge >= 0.3 is 0 Å². The van der Waals surface area contributed by atoms with Crippen molar-refractivity contribution in [1.82, 2.24) is 0 Å². The fourth-order valence-electron chi connectivity index (χ4n) is 1.51. The smallest absolute Gasteiger partial charge is 0.119 e. The first-order chi connectivity index (χ1) is 6.81. The van der Waals surface area contributed by atoms with E-state index in [2.05, 4.69) is 32.1 Å². The number of rotatable bonds is 4. The van der Waals surface area contributed by atoms with Crippen LogP contribution in [0.5, 0.6) is 5.75 Å². The van der Waals surface area contributed by atoms with Crippen LogP contribution in [0.15, 0.2) is 30.3 Å². The molecule has 0 aliphatic carbocycles. The summed E-state index contributed by atoms with van der Waals surface area (Å²) in [5.41, 5.74) is 2.67. The van der Waals surface area contributed by atoms with Crippen LogP contribution in [0.1, 0.15) is 32.8 Å². The van der Waals surface area contributed by atoms with E-state index in [0.717, 1.165) is 18.8 Å². The number of benzene rings is 1. The summed E-state index contributed by atoms with van der Waals surface area (Å²) in [4.78, 5) is 0. The first-order valence-corrected chi connectivity index (χ1v) is 5.20. The highest BCUT2D eigenvalue weighted by atomic mass is 16.5. The number of ether oxygens (including phenoxy) is 1. The van der Waals surface area contributed by atoms with Gasteiger partial charge in [-0.2, -0.15) is 0 Å². The van der Waals surface area contributed by atoms with Crippen LogP contribution in [0.2, 0.25) is 0 Å². The second-order valence-electron chi connectivity index (χ2n) is 3.12. The van der Waals surface area contributed by atoms with E-state index >= 15 is 0 Å². The molecule has 0 unspecified atom stereocenters. The fourth-order valence-corrected chi connectivity index (χ4v) is 1.51. The minimum atomic E-state index is 0.726. The molecule has 0 aromatic heterocycles. The second kappa shape index (κ2) is 5.48. The maximum Gasteiger partial charge on any atom is 0.119 e. The Morgan fingerprint density at radius 3 is 2.29 bits per heavy atom. The van der Waals surface area contributed by atoms with Gasteiger partial charge in [0.05, 0.1) is 6.61 Å². The molecule has 0 fully saturated rings. The van der Waals surface area contributed by atoms with Gasteiger partial charge in [0.15, 0.2) is 0 Å². The third-order valence-corrected chi connectivity index (χ3v) is 2.27. The number of hydrogen-bond acceptors (Lipinski definition) is 1. The molecule has 1 aromatic rings. The molecule has 0 radical (unpaired) electrons. The van der Waals surface area contributed by atoms with E-state index in [4.69, 9.17) is 4.74 Å².